The summed E-state index contributed by atoms with van der Waals surface area (Å²) in [5, 5.41) is 13.6. The molecule has 1 aliphatic rings. The smallest absolute Gasteiger partial charge is 0.401 e. The molecular weight excluding hydrogens is 322 g/mol. The van der Waals surface area contributed by atoms with E-state index in [0.717, 1.165) is 12.1 Å². The Morgan fingerprint density at radius 2 is 2.17 bits per heavy atom. The molecule has 0 aromatic heterocycles. The summed E-state index contributed by atoms with van der Waals surface area (Å²) in [5.41, 5.74) is -0.549. The lowest BCUT2D eigenvalue weighted by Crippen LogP contribution is -2.34. The van der Waals surface area contributed by atoms with Crippen LogP contribution in [0.5, 0.6) is 5.75 Å². The Hall–Kier alpha value is -2.10. The Bertz CT molecular complexity index is 595. The molecule has 1 fully saturated rings. The van der Waals surface area contributed by atoms with Crippen LogP contribution in [0.15, 0.2) is 12.1 Å². The van der Waals surface area contributed by atoms with Crippen LogP contribution < -0.4 is 10.1 Å². The number of hydrogen-bond acceptors (Lipinski definition) is 5. The molecule has 0 spiro atoms. The van der Waals surface area contributed by atoms with Gasteiger partial charge in [0.1, 0.15) is 0 Å². The molecule has 1 aromatic carbocycles. The topological polar surface area (TPSA) is 67.6 Å². The SMILES string of the molecule is COc1cc(N[C@@H]2CCN(CC(F)(F)F)C2)c(F)cc1[N+](=O)[O-]. The summed E-state index contributed by atoms with van der Waals surface area (Å²) in [5.74, 6) is -0.976. The quantitative estimate of drug-likeness (QED) is 0.508. The number of nitrogens with one attached hydrogen (secondary N) is 1. The largest absolute Gasteiger partial charge is 0.490 e. The molecule has 1 atom stereocenters. The lowest BCUT2D eigenvalue weighted by molar-refractivity contribution is -0.385. The Labute approximate surface area is 129 Å². The molecule has 1 heterocycles. The van der Waals surface area contributed by atoms with E-state index in [1.807, 2.05) is 0 Å². The first-order valence-electron chi connectivity index (χ1n) is 6.77. The van der Waals surface area contributed by atoms with Crippen LogP contribution in [0.1, 0.15) is 6.42 Å². The Kier molecular flexibility index (Phi) is 4.93. The molecule has 23 heavy (non-hydrogen) atoms. The summed E-state index contributed by atoms with van der Waals surface area (Å²) >= 11 is 0. The first kappa shape index (κ1) is 17.3. The zero-order chi connectivity index (χ0) is 17.2. The zero-order valence-electron chi connectivity index (χ0n) is 12.2. The number of benzene rings is 1. The monoisotopic (exact) mass is 337 g/mol. The van der Waals surface area contributed by atoms with Crippen molar-refractivity contribution >= 4 is 11.4 Å². The lowest BCUT2D eigenvalue weighted by Gasteiger charge is -2.19. The van der Waals surface area contributed by atoms with Crippen molar-refractivity contribution < 1.29 is 27.2 Å². The number of nitro groups is 1. The third-order valence-electron chi connectivity index (χ3n) is 3.50. The van der Waals surface area contributed by atoms with Crippen molar-refractivity contribution in [2.24, 2.45) is 0 Å². The second-order valence-corrected chi connectivity index (χ2v) is 5.24. The highest BCUT2D eigenvalue weighted by atomic mass is 19.4. The zero-order valence-corrected chi connectivity index (χ0v) is 12.2. The lowest BCUT2D eigenvalue weighted by atomic mass is 10.2. The van der Waals surface area contributed by atoms with E-state index in [4.69, 9.17) is 4.74 Å². The Balaban J connectivity index is 2.08. The second kappa shape index (κ2) is 6.57. The maximum absolute atomic E-state index is 13.9. The van der Waals surface area contributed by atoms with Gasteiger partial charge >= 0.3 is 11.9 Å². The molecule has 1 N–H and O–H groups in total. The molecule has 0 saturated carbocycles. The molecule has 2 rings (SSSR count). The molecule has 1 aromatic rings. The minimum absolute atomic E-state index is 0.0358. The van der Waals surface area contributed by atoms with Crippen molar-refractivity contribution in [2.45, 2.75) is 18.6 Å². The molecule has 10 heteroatoms. The van der Waals surface area contributed by atoms with E-state index in [9.17, 15) is 27.7 Å². The van der Waals surface area contributed by atoms with E-state index in [2.05, 4.69) is 5.32 Å². The van der Waals surface area contributed by atoms with Gasteiger partial charge in [-0.25, -0.2) is 4.39 Å². The summed E-state index contributed by atoms with van der Waals surface area (Å²) in [6.45, 7) is -0.668. The van der Waals surface area contributed by atoms with Gasteiger partial charge in [0.15, 0.2) is 11.6 Å². The maximum atomic E-state index is 13.9. The molecular formula is C13H15F4N3O3. The highest BCUT2D eigenvalue weighted by Crippen LogP contribution is 2.33. The maximum Gasteiger partial charge on any atom is 0.401 e. The number of likely N-dealkylation sites (tertiary alicyclic amines) is 1. The van der Waals surface area contributed by atoms with Gasteiger partial charge in [-0.15, -0.1) is 0 Å². The summed E-state index contributed by atoms with van der Waals surface area (Å²) in [4.78, 5) is 11.2. The first-order chi connectivity index (χ1) is 10.7. The van der Waals surface area contributed by atoms with Crippen LogP contribution in [0.4, 0.5) is 28.9 Å². The van der Waals surface area contributed by atoms with Crippen LogP contribution in [0, 0.1) is 15.9 Å². The van der Waals surface area contributed by atoms with Crippen molar-refractivity contribution in [3.63, 3.8) is 0 Å². The molecule has 0 radical (unpaired) electrons. The summed E-state index contributed by atoms with van der Waals surface area (Å²) in [6.07, 6.45) is -3.87. The molecule has 1 saturated heterocycles. The third-order valence-corrected chi connectivity index (χ3v) is 3.50. The molecule has 6 nitrogen and oxygen atoms in total. The molecule has 0 aliphatic carbocycles. The fourth-order valence-electron chi connectivity index (χ4n) is 2.53. The number of methoxy groups -OCH3 is 1. The summed E-state index contributed by atoms with van der Waals surface area (Å²) in [6, 6.07) is 1.49. The summed E-state index contributed by atoms with van der Waals surface area (Å²) < 4.78 is 55.8. The predicted octanol–water partition coefficient (Wildman–Crippen LogP) is 2.79. The van der Waals surface area contributed by atoms with Crippen LogP contribution in [0.2, 0.25) is 0 Å². The minimum atomic E-state index is -4.28. The van der Waals surface area contributed by atoms with Crippen molar-refractivity contribution in [2.75, 3.05) is 32.1 Å². The van der Waals surface area contributed by atoms with Gasteiger partial charge in [0.25, 0.3) is 0 Å². The van der Waals surface area contributed by atoms with E-state index >= 15 is 0 Å². The van der Waals surface area contributed by atoms with Gasteiger partial charge in [-0.1, -0.05) is 0 Å². The highest BCUT2D eigenvalue weighted by Gasteiger charge is 2.34. The van der Waals surface area contributed by atoms with E-state index in [1.54, 1.807) is 0 Å². The van der Waals surface area contributed by atoms with Crippen LogP contribution >= 0.6 is 0 Å². The number of nitrogens with zero attached hydrogens (tertiary/aromatic N) is 2. The fourth-order valence-corrected chi connectivity index (χ4v) is 2.53. The number of anilines is 1. The van der Waals surface area contributed by atoms with E-state index in [0.29, 0.717) is 6.42 Å². The molecule has 0 amide bonds. The number of nitro benzene ring substituents is 1. The van der Waals surface area contributed by atoms with Crippen molar-refractivity contribution in [1.82, 2.24) is 4.90 Å². The number of halogens is 4. The van der Waals surface area contributed by atoms with Crippen molar-refractivity contribution in [3.05, 3.63) is 28.1 Å². The number of hydrogen-bond donors (Lipinski definition) is 1. The number of ether oxygens (including phenoxy) is 1. The fraction of sp³-hybridized carbons (Fsp3) is 0.538. The van der Waals surface area contributed by atoms with Gasteiger partial charge in [-0.2, -0.15) is 13.2 Å². The van der Waals surface area contributed by atoms with E-state index in [-0.39, 0.29) is 30.6 Å². The van der Waals surface area contributed by atoms with E-state index in [1.165, 1.54) is 12.0 Å². The van der Waals surface area contributed by atoms with Gasteiger partial charge < -0.3 is 10.1 Å². The third kappa shape index (κ3) is 4.44. The standard InChI is InChI=1S/C13H15F4N3O3/c1-23-12-5-10(9(14)4-11(12)20(21)22)18-8-2-3-19(6-8)7-13(15,16)17/h4-5,8,18H,2-3,6-7H2,1H3/t8-/m1/s1. The average Bonchev–Trinajstić information content (AvgIpc) is 2.85. The van der Waals surface area contributed by atoms with Gasteiger partial charge in [-0.3, -0.25) is 15.0 Å². The normalized spacial score (nSPS) is 18.9. The molecule has 128 valence electrons. The number of rotatable bonds is 5. The van der Waals surface area contributed by atoms with E-state index < -0.39 is 29.1 Å². The van der Waals surface area contributed by atoms with Crippen LogP contribution in [0.25, 0.3) is 0 Å². The molecule has 0 unspecified atom stereocenters. The van der Waals surface area contributed by atoms with Crippen LogP contribution in [0.3, 0.4) is 0 Å². The van der Waals surface area contributed by atoms with Crippen LogP contribution in [-0.2, 0) is 0 Å². The van der Waals surface area contributed by atoms with Crippen molar-refractivity contribution in [1.29, 1.82) is 0 Å². The van der Waals surface area contributed by atoms with Gasteiger partial charge in [-0.05, 0) is 6.42 Å². The highest BCUT2D eigenvalue weighted by molar-refractivity contribution is 5.59. The average molecular weight is 337 g/mol. The first-order valence-corrected chi connectivity index (χ1v) is 6.77. The van der Waals surface area contributed by atoms with Crippen molar-refractivity contribution in [3.8, 4) is 5.75 Å². The van der Waals surface area contributed by atoms with Crippen LogP contribution in [-0.4, -0.2) is 48.8 Å². The molecule has 0 bridgehead atoms. The van der Waals surface area contributed by atoms with Gasteiger partial charge in [0.05, 0.1) is 30.3 Å². The second-order valence-electron chi connectivity index (χ2n) is 5.24. The minimum Gasteiger partial charge on any atom is -0.490 e. The Morgan fingerprint density at radius 3 is 2.74 bits per heavy atom. The molecule has 1 aliphatic heterocycles. The predicted molar refractivity (Wildman–Crippen MR) is 74.1 cm³/mol. The number of alkyl halides is 3. The van der Waals surface area contributed by atoms with Gasteiger partial charge in [0.2, 0.25) is 0 Å². The summed E-state index contributed by atoms with van der Waals surface area (Å²) in [7, 11) is 1.21. The Morgan fingerprint density at radius 1 is 1.48 bits per heavy atom. The van der Waals surface area contributed by atoms with Gasteiger partial charge in [0, 0.05) is 25.2 Å².